The van der Waals surface area contributed by atoms with Crippen LogP contribution < -0.4 is 5.32 Å². The SMILES string of the molecule is Cc1ccc(C)c(CC(=O)NCC2CCCC2Cl)c1. The molecule has 2 atom stereocenters. The molecule has 0 spiro atoms. The van der Waals surface area contributed by atoms with Gasteiger partial charge in [-0.1, -0.05) is 30.2 Å². The van der Waals surface area contributed by atoms with Crippen LogP contribution in [0.25, 0.3) is 0 Å². The highest BCUT2D eigenvalue weighted by atomic mass is 35.5. The molecule has 104 valence electrons. The molecule has 0 bridgehead atoms. The number of rotatable bonds is 4. The van der Waals surface area contributed by atoms with Crippen LogP contribution in [0.3, 0.4) is 0 Å². The Morgan fingerprint density at radius 3 is 2.84 bits per heavy atom. The first kappa shape index (κ1) is 14.4. The largest absolute Gasteiger partial charge is 0.355 e. The zero-order valence-corrected chi connectivity index (χ0v) is 12.5. The fourth-order valence-corrected chi connectivity index (χ4v) is 3.06. The molecule has 2 rings (SSSR count). The highest BCUT2D eigenvalue weighted by Crippen LogP contribution is 2.29. The average Bonchev–Trinajstić information content (AvgIpc) is 2.77. The Hall–Kier alpha value is -1.02. The van der Waals surface area contributed by atoms with Crippen LogP contribution in [0.2, 0.25) is 0 Å². The van der Waals surface area contributed by atoms with Gasteiger partial charge < -0.3 is 5.32 Å². The number of hydrogen-bond donors (Lipinski definition) is 1. The number of carbonyl (C=O) groups excluding carboxylic acids is 1. The van der Waals surface area contributed by atoms with E-state index in [0.717, 1.165) is 24.9 Å². The van der Waals surface area contributed by atoms with E-state index in [-0.39, 0.29) is 11.3 Å². The van der Waals surface area contributed by atoms with Gasteiger partial charge in [0, 0.05) is 11.9 Å². The van der Waals surface area contributed by atoms with Crippen LogP contribution in [0.15, 0.2) is 18.2 Å². The molecule has 1 fully saturated rings. The summed E-state index contributed by atoms with van der Waals surface area (Å²) in [5.74, 6) is 0.550. The van der Waals surface area contributed by atoms with E-state index in [1.807, 2.05) is 6.92 Å². The number of hydrogen-bond acceptors (Lipinski definition) is 1. The average molecular weight is 280 g/mol. The van der Waals surface area contributed by atoms with Crippen LogP contribution >= 0.6 is 11.6 Å². The van der Waals surface area contributed by atoms with Gasteiger partial charge in [0.15, 0.2) is 0 Å². The summed E-state index contributed by atoms with van der Waals surface area (Å²) in [6, 6.07) is 6.24. The summed E-state index contributed by atoms with van der Waals surface area (Å²) in [7, 11) is 0. The van der Waals surface area contributed by atoms with Crippen molar-refractivity contribution in [1.82, 2.24) is 5.32 Å². The van der Waals surface area contributed by atoms with Crippen LogP contribution in [0.5, 0.6) is 0 Å². The number of nitrogens with one attached hydrogen (secondary N) is 1. The van der Waals surface area contributed by atoms with Gasteiger partial charge in [0.1, 0.15) is 0 Å². The van der Waals surface area contributed by atoms with Crippen LogP contribution in [-0.2, 0) is 11.2 Å². The van der Waals surface area contributed by atoms with Gasteiger partial charge in [-0.05, 0) is 43.7 Å². The fourth-order valence-electron chi connectivity index (χ4n) is 2.69. The maximum Gasteiger partial charge on any atom is 0.224 e. The van der Waals surface area contributed by atoms with Crippen molar-refractivity contribution in [2.45, 2.75) is 44.9 Å². The van der Waals surface area contributed by atoms with E-state index >= 15 is 0 Å². The lowest BCUT2D eigenvalue weighted by atomic mass is 10.0. The fraction of sp³-hybridized carbons (Fsp3) is 0.562. The standard InChI is InChI=1S/C16H22ClNO/c1-11-6-7-12(2)14(8-11)9-16(19)18-10-13-4-3-5-15(13)17/h6-8,13,15H,3-5,9-10H2,1-2H3,(H,18,19). The molecule has 1 N–H and O–H groups in total. The Balaban J connectivity index is 1.85. The summed E-state index contributed by atoms with van der Waals surface area (Å²) in [5, 5.41) is 3.26. The maximum absolute atomic E-state index is 12.0. The first-order valence-corrected chi connectivity index (χ1v) is 7.47. The molecule has 2 nitrogen and oxygen atoms in total. The number of amides is 1. The molecule has 1 aliphatic carbocycles. The molecule has 3 heteroatoms. The summed E-state index contributed by atoms with van der Waals surface area (Å²) in [4.78, 5) is 12.0. The third-order valence-electron chi connectivity index (χ3n) is 3.98. The molecule has 1 aromatic rings. The summed E-state index contributed by atoms with van der Waals surface area (Å²) < 4.78 is 0. The number of aryl methyl sites for hydroxylation is 2. The van der Waals surface area contributed by atoms with Gasteiger partial charge in [0.2, 0.25) is 5.91 Å². The number of carbonyl (C=O) groups is 1. The number of halogens is 1. The van der Waals surface area contributed by atoms with Crippen molar-refractivity contribution in [3.63, 3.8) is 0 Å². The molecule has 19 heavy (non-hydrogen) atoms. The third kappa shape index (κ3) is 3.97. The van der Waals surface area contributed by atoms with Crippen molar-refractivity contribution in [2.24, 2.45) is 5.92 Å². The molecule has 1 saturated carbocycles. The van der Waals surface area contributed by atoms with Gasteiger partial charge in [-0.15, -0.1) is 11.6 Å². The minimum Gasteiger partial charge on any atom is -0.355 e. The molecule has 1 aromatic carbocycles. The zero-order chi connectivity index (χ0) is 13.8. The number of alkyl halides is 1. The highest BCUT2D eigenvalue weighted by Gasteiger charge is 2.25. The molecule has 0 saturated heterocycles. The summed E-state index contributed by atoms with van der Waals surface area (Å²) in [6.45, 7) is 4.82. The van der Waals surface area contributed by atoms with E-state index in [1.54, 1.807) is 0 Å². The van der Waals surface area contributed by atoms with Gasteiger partial charge in [0.05, 0.1) is 6.42 Å². The van der Waals surface area contributed by atoms with Crippen LogP contribution in [0, 0.1) is 19.8 Å². The lowest BCUT2D eigenvalue weighted by Gasteiger charge is -2.15. The van der Waals surface area contributed by atoms with Crippen molar-refractivity contribution in [3.05, 3.63) is 34.9 Å². The Labute approximate surface area is 120 Å². The molecule has 0 aliphatic heterocycles. The first-order chi connectivity index (χ1) is 9.06. The minimum atomic E-state index is 0.101. The molecule has 1 amide bonds. The molecular weight excluding hydrogens is 258 g/mol. The Morgan fingerprint density at radius 1 is 1.37 bits per heavy atom. The second-order valence-electron chi connectivity index (χ2n) is 5.62. The number of benzene rings is 1. The second-order valence-corrected chi connectivity index (χ2v) is 6.18. The van der Waals surface area contributed by atoms with Gasteiger partial charge in [-0.2, -0.15) is 0 Å². The normalized spacial score (nSPS) is 22.5. The monoisotopic (exact) mass is 279 g/mol. The molecule has 0 radical (unpaired) electrons. The Bertz CT molecular complexity index is 458. The minimum absolute atomic E-state index is 0.101. The van der Waals surface area contributed by atoms with Gasteiger partial charge in [0.25, 0.3) is 0 Å². The van der Waals surface area contributed by atoms with Crippen molar-refractivity contribution in [3.8, 4) is 0 Å². The third-order valence-corrected chi connectivity index (χ3v) is 4.56. The van der Waals surface area contributed by atoms with Gasteiger partial charge in [-0.25, -0.2) is 0 Å². The zero-order valence-electron chi connectivity index (χ0n) is 11.7. The molecule has 2 unspecified atom stereocenters. The molecule has 0 aromatic heterocycles. The van der Waals surface area contributed by atoms with E-state index in [1.165, 1.54) is 17.5 Å². The predicted molar refractivity (Wildman–Crippen MR) is 79.6 cm³/mol. The van der Waals surface area contributed by atoms with Crippen molar-refractivity contribution >= 4 is 17.5 Å². The molecule has 1 aliphatic rings. The Morgan fingerprint density at radius 2 is 2.16 bits per heavy atom. The smallest absolute Gasteiger partial charge is 0.224 e. The Kier molecular flexibility index (Phi) is 4.87. The van der Waals surface area contributed by atoms with Crippen LogP contribution in [-0.4, -0.2) is 17.8 Å². The van der Waals surface area contributed by atoms with E-state index in [9.17, 15) is 4.79 Å². The summed E-state index contributed by atoms with van der Waals surface area (Å²) >= 11 is 6.22. The van der Waals surface area contributed by atoms with Gasteiger partial charge in [-0.3, -0.25) is 4.79 Å². The van der Waals surface area contributed by atoms with E-state index in [4.69, 9.17) is 11.6 Å². The van der Waals surface area contributed by atoms with Crippen molar-refractivity contribution < 1.29 is 4.79 Å². The quantitative estimate of drug-likeness (QED) is 0.841. The lowest BCUT2D eigenvalue weighted by Crippen LogP contribution is -2.32. The van der Waals surface area contributed by atoms with Crippen LogP contribution in [0.4, 0.5) is 0 Å². The first-order valence-electron chi connectivity index (χ1n) is 7.03. The summed E-state index contributed by atoms with van der Waals surface area (Å²) in [5.41, 5.74) is 3.49. The summed E-state index contributed by atoms with van der Waals surface area (Å²) in [6.07, 6.45) is 3.87. The maximum atomic E-state index is 12.0. The molecule has 0 heterocycles. The van der Waals surface area contributed by atoms with E-state index < -0.39 is 0 Å². The van der Waals surface area contributed by atoms with E-state index in [0.29, 0.717) is 12.3 Å². The lowest BCUT2D eigenvalue weighted by molar-refractivity contribution is -0.120. The second kappa shape index (κ2) is 6.42. The van der Waals surface area contributed by atoms with Crippen LogP contribution in [0.1, 0.15) is 36.0 Å². The van der Waals surface area contributed by atoms with Gasteiger partial charge >= 0.3 is 0 Å². The van der Waals surface area contributed by atoms with E-state index in [2.05, 4.69) is 30.4 Å². The molecular formula is C16H22ClNO. The van der Waals surface area contributed by atoms with Crippen molar-refractivity contribution in [1.29, 1.82) is 0 Å². The predicted octanol–water partition coefficient (Wildman–Crippen LogP) is 3.37. The van der Waals surface area contributed by atoms with Crippen molar-refractivity contribution in [2.75, 3.05) is 6.54 Å². The topological polar surface area (TPSA) is 29.1 Å². The highest BCUT2D eigenvalue weighted by molar-refractivity contribution is 6.20.